The van der Waals surface area contributed by atoms with Crippen LogP contribution in [0.5, 0.6) is 0 Å². The van der Waals surface area contributed by atoms with E-state index in [9.17, 15) is 0 Å². The second-order valence-corrected chi connectivity index (χ2v) is 8.72. The van der Waals surface area contributed by atoms with E-state index in [0.29, 0.717) is 0 Å². The average molecular weight is 312 g/mol. The summed E-state index contributed by atoms with van der Waals surface area (Å²) >= 11 is 0. The van der Waals surface area contributed by atoms with Gasteiger partial charge in [-0.25, -0.2) is 0 Å². The molecule has 0 fully saturated rings. The molecule has 1 heteroatoms. The van der Waals surface area contributed by atoms with E-state index in [1.807, 2.05) is 0 Å². The summed E-state index contributed by atoms with van der Waals surface area (Å²) in [5.74, 6) is 0. The van der Waals surface area contributed by atoms with E-state index in [-0.39, 0.29) is 7.92 Å². The molecule has 0 amide bonds. The highest BCUT2D eigenvalue weighted by Crippen LogP contribution is 2.38. The van der Waals surface area contributed by atoms with Gasteiger partial charge in [-0.05, 0) is 99.6 Å². The van der Waals surface area contributed by atoms with Crippen molar-refractivity contribution in [3.8, 4) is 0 Å². The number of rotatable bonds is 4. The fourth-order valence-corrected chi connectivity index (χ4v) is 5.91. The van der Waals surface area contributed by atoms with Crippen LogP contribution in [0.2, 0.25) is 0 Å². The second-order valence-electron chi connectivity index (χ2n) is 6.45. The molecule has 0 heterocycles. The third-order valence-corrected chi connectivity index (χ3v) is 8.11. The van der Waals surface area contributed by atoms with Gasteiger partial charge in [-0.3, -0.25) is 0 Å². The molecule has 0 atom stereocenters. The maximum Gasteiger partial charge on any atom is -0.0163 e. The molecule has 0 aliphatic carbocycles. The van der Waals surface area contributed by atoms with Crippen molar-refractivity contribution in [1.82, 2.24) is 0 Å². The number of hydrogen-bond acceptors (Lipinski definition) is 0. The molecule has 0 bridgehead atoms. The van der Waals surface area contributed by atoms with Crippen LogP contribution in [-0.4, -0.2) is 6.16 Å². The summed E-state index contributed by atoms with van der Waals surface area (Å²) in [5.41, 5.74) is 8.73. The van der Waals surface area contributed by atoms with Crippen molar-refractivity contribution in [2.24, 2.45) is 0 Å². The highest BCUT2D eigenvalue weighted by molar-refractivity contribution is 7.73. The summed E-state index contributed by atoms with van der Waals surface area (Å²) in [6, 6.07) is 9.37. The van der Waals surface area contributed by atoms with Crippen LogP contribution < -0.4 is 10.6 Å². The number of hydrogen-bond donors (Lipinski definition) is 0. The largest absolute Gasteiger partial charge is 0.0650 e. The van der Waals surface area contributed by atoms with E-state index in [4.69, 9.17) is 0 Å². The summed E-state index contributed by atoms with van der Waals surface area (Å²) in [5, 5.41) is 3.15. The Hall–Kier alpha value is -1.13. The Balaban J connectivity index is 2.62. The van der Waals surface area contributed by atoms with Gasteiger partial charge in [0.25, 0.3) is 0 Å². The van der Waals surface area contributed by atoms with Gasteiger partial charge < -0.3 is 0 Å². The van der Waals surface area contributed by atoms with Gasteiger partial charge in [0.1, 0.15) is 0 Å². The van der Waals surface area contributed by atoms with Crippen molar-refractivity contribution in [3.63, 3.8) is 0 Å². The van der Waals surface area contributed by atoms with Gasteiger partial charge in [0.05, 0.1) is 0 Å². The fraction of sp³-hybridized carbons (Fsp3) is 0.429. The second kappa shape index (κ2) is 6.97. The molecule has 0 aromatic heterocycles. The normalized spacial score (nSPS) is 11.3. The fourth-order valence-electron chi connectivity index (χ4n) is 3.06. The van der Waals surface area contributed by atoms with E-state index in [2.05, 4.69) is 72.7 Å². The quantitative estimate of drug-likeness (QED) is 0.665. The van der Waals surface area contributed by atoms with E-state index in [0.717, 1.165) is 0 Å². The minimum atomic E-state index is -0.250. The van der Waals surface area contributed by atoms with Crippen molar-refractivity contribution in [3.05, 3.63) is 57.6 Å². The maximum atomic E-state index is 2.38. The van der Waals surface area contributed by atoms with Gasteiger partial charge in [0.15, 0.2) is 0 Å². The highest BCUT2D eigenvalue weighted by Gasteiger charge is 2.19. The van der Waals surface area contributed by atoms with E-state index in [1.165, 1.54) is 46.0 Å². The topological polar surface area (TPSA) is 0 Å². The van der Waals surface area contributed by atoms with Crippen LogP contribution in [0.4, 0.5) is 0 Å². The van der Waals surface area contributed by atoms with Crippen molar-refractivity contribution in [2.45, 2.75) is 54.9 Å². The molecule has 0 aliphatic rings. The first-order valence-electron chi connectivity index (χ1n) is 8.29. The molecule has 2 aromatic rings. The van der Waals surface area contributed by atoms with E-state index >= 15 is 0 Å². The molecule has 118 valence electrons. The maximum absolute atomic E-state index is 2.38. The van der Waals surface area contributed by atoms with Crippen LogP contribution in [0.3, 0.4) is 0 Å². The summed E-state index contributed by atoms with van der Waals surface area (Å²) in [6.45, 7) is 15.9. The zero-order valence-corrected chi connectivity index (χ0v) is 16.1. The first-order chi connectivity index (χ1) is 10.4. The van der Waals surface area contributed by atoms with Crippen molar-refractivity contribution >= 4 is 18.5 Å². The smallest absolute Gasteiger partial charge is 0.0163 e. The molecule has 0 N–H and O–H groups in total. The lowest BCUT2D eigenvalue weighted by Gasteiger charge is -2.25. The molecule has 0 aliphatic heterocycles. The third-order valence-electron chi connectivity index (χ3n) is 5.09. The van der Waals surface area contributed by atoms with Gasteiger partial charge in [0.2, 0.25) is 0 Å². The Morgan fingerprint density at radius 2 is 1.05 bits per heavy atom. The Bertz CT molecular complexity index is 625. The molecule has 0 saturated heterocycles. The van der Waals surface area contributed by atoms with Gasteiger partial charge in [-0.1, -0.05) is 37.6 Å². The Labute approximate surface area is 137 Å². The standard InChI is InChI=1S/C21H29P/c1-8-13-22(20-11-9-14(2)16(4)18(20)6)21-12-10-15(3)17(5)19(21)7/h9-12H,8,13H2,1-7H3. The Kier molecular flexibility index (Phi) is 5.45. The zero-order chi connectivity index (χ0) is 16.4. The zero-order valence-electron chi connectivity index (χ0n) is 15.2. The lowest BCUT2D eigenvalue weighted by Crippen LogP contribution is -2.20. The third kappa shape index (κ3) is 3.13. The van der Waals surface area contributed by atoms with Crippen LogP contribution in [0, 0.1) is 41.5 Å². The summed E-state index contributed by atoms with van der Waals surface area (Å²) < 4.78 is 0. The van der Waals surface area contributed by atoms with Gasteiger partial charge in [-0.2, -0.15) is 0 Å². The average Bonchev–Trinajstić information content (AvgIpc) is 2.50. The van der Waals surface area contributed by atoms with E-state index in [1.54, 1.807) is 10.6 Å². The van der Waals surface area contributed by atoms with Crippen LogP contribution in [0.25, 0.3) is 0 Å². The number of benzene rings is 2. The summed E-state index contributed by atoms with van der Waals surface area (Å²) in [4.78, 5) is 0. The molecule has 0 spiro atoms. The molecule has 0 unspecified atom stereocenters. The Morgan fingerprint density at radius 1 is 0.636 bits per heavy atom. The molecule has 0 radical (unpaired) electrons. The van der Waals surface area contributed by atoms with Crippen LogP contribution in [-0.2, 0) is 0 Å². The lowest BCUT2D eigenvalue weighted by molar-refractivity contribution is 1.10. The Morgan fingerprint density at radius 3 is 1.41 bits per heavy atom. The first kappa shape index (κ1) is 17.2. The molecule has 0 saturated carbocycles. The van der Waals surface area contributed by atoms with Crippen molar-refractivity contribution in [1.29, 1.82) is 0 Å². The highest BCUT2D eigenvalue weighted by atomic mass is 31.1. The van der Waals surface area contributed by atoms with Gasteiger partial charge >= 0.3 is 0 Å². The molecular formula is C21H29P. The van der Waals surface area contributed by atoms with Crippen molar-refractivity contribution in [2.75, 3.05) is 6.16 Å². The van der Waals surface area contributed by atoms with Crippen molar-refractivity contribution < 1.29 is 0 Å². The van der Waals surface area contributed by atoms with Crippen LogP contribution >= 0.6 is 7.92 Å². The monoisotopic (exact) mass is 312 g/mol. The van der Waals surface area contributed by atoms with E-state index < -0.39 is 0 Å². The molecule has 0 nitrogen and oxygen atoms in total. The van der Waals surface area contributed by atoms with Gasteiger partial charge in [-0.15, -0.1) is 0 Å². The number of aryl methyl sites for hydroxylation is 2. The minimum absolute atomic E-state index is 0.250. The van der Waals surface area contributed by atoms with Gasteiger partial charge in [0, 0.05) is 0 Å². The molecular weight excluding hydrogens is 283 g/mol. The minimum Gasteiger partial charge on any atom is -0.0650 e. The summed E-state index contributed by atoms with van der Waals surface area (Å²) in [6.07, 6.45) is 2.52. The molecule has 2 rings (SSSR count). The first-order valence-corrected chi connectivity index (χ1v) is 9.82. The lowest BCUT2D eigenvalue weighted by atomic mass is 10.0. The molecule has 22 heavy (non-hydrogen) atoms. The van der Waals surface area contributed by atoms with Crippen LogP contribution in [0.1, 0.15) is 46.7 Å². The predicted octanol–water partition coefficient (Wildman–Crippen LogP) is 5.38. The summed E-state index contributed by atoms with van der Waals surface area (Å²) in [7, 11) is -0.250. The SMILES string of the molecule is CCCP(c1ccc(C)c(C)c1C)c1ccc(C)c(C)c1C. The molecule has 2 aromatic carbocycles. The predicted molar refractivity (Wildman–Crippen MR) is 103 cm³/mol. The van der Waals surface area contributed by atoms with Crippen LogP contribution in [0.15, 0.2) is 24.3 Å².